The van der Waals surface area contributed by atoms with Crippen LogP contribution in [0.1, 0.15) is 0 Å². The number of benzene rings is 1. The Morgan fingerprint density at radius 1 is 1.45 bits per heavy atom. The first-order valence-corrected chi connectivity index (χ1v) is 4.01. The van der Waals surface area contributed by atoms with Gasteiger partial charge in [0.1, 0.15) is 5.52 Å². The molecule has 0 unspecified atom stereocenters. The van der Waals surface area contributed by atoms with Gasteiger partial charge in [-0.15, -0.1) is 5.10 Å². The minimum absolute atomic E-state index is 0.927. The van der Waals surface area contributed by atoms with Gasteiger partial charge in [0.25, 0.3) is 0 Å². The molecule has 11 heavy (non-hydrogen) atoms. The van der Waals surface area contributed by atoms with Crippen molar-refractivity contribution in [2.24, 2.45) is 7.05 Å². The van der Waals surface area contributed by atoms with E-state index in [0.29, 0.717) is 0 Å². The van der Waals surface area contributed by atoms with Crippen LogP contribution in [0.5, 0.6) is 0 Å². The molecule has 1 aromatic heterocycles. The minimum Gasteiger partial charge on any atom is -0.248 e. The van der Waals surface area contributed by atoms with E-state index in [1.54, 1.807) is 4.68 Å². The van der Waals surface area contributed by atoms with E-state index in [4.69, 9.17) is 0 Å². The zero-order valence-corrected chi connectivity index (χ0v) is 7.54. The van der Waals surface area contributed by atoms with Gasteiger partial charge in [-0.25, -0.2) is 4.68 Å². The first-order chi connectivity index (χ1) is 5.27. The normalized spacial score (nSPS) is 10.7. The number of fused-ring (bicyclic) bond motifs is 1. The maximum Gasteiger partial charge on any atom is 0.113 e. The topological polar surface area (TPSA) is 30.7 Å². The molecule has 56 valence electrons. The van der Waals surface area contributed by atoms with Gasteiger partial charge in [-0.05, 0) is 18.2 Å². The van der Waals surface area contributed by atoms with E-state index in [1.165, 1.54) is 0 Å². The Hall–Kier alpha value is -0.900. The van der Waals surface area contributed by atoms with Crippen LogP contribution in [0, 0.1) is 0 Å². The quantitative estimate of drug-likeness (QED) is 0.665. The molecule has 0 amide bonds. The van der Waals surface area contributed by atoms with Crippen molar-refractivity contribution in [2.45, 2.75) is 0 Å². The number of hydrogen-bond donors (Lipinski definition) is 0. The third kappa shape index (κ3) is 1.03. The van der Waals surface area contributed by atoms with Crippen molar-refractivity contribution in [2.75, 3.05) is 0 Å². The molecule has 2 rings (SSSR count). The highest BCUT2D eigenvalue weighted by Gasteiger charge is 1.99. The molecule has 0 fully saturated rings. The Kier molecular flexibility index (Phi) is 1.42. The lowest BCUT2D eigenvalue weighted by Gasteiger charge is -1.91. The molecule has 3 nitrogen and oxygen atoms in total. The summed E-state index contributed by atoms with van der Waals surface area (Å²) in [5.41, 5.74) is 1.97. The van der Waals surface area contributed by atoms with Crippen molar-refractivity contribution in [1.82, 2.24) is 15.0 Å². The summed E-state index contributed by atoms with van der Waals surface area (Å²) >= 11 is 3.38. The van der Waals surface area contributed by atoms with Gasteiger partial charge in [0.15, 0.2) is 0 Å². The lowest BCUT2D eigenvalue weighted by Crippen LogP contribution is -1.88. The summed E-state index contributed by atoms with van der Waals surface area (Å²) in [4.78, 5) is 0. The molecule has 1 aromatic carbocycles. The number of rotatable bonds is 0. The number of nitrogens with zero attached hydrogens (tertiary/aromatic N) is 3. The largest absolute Gasteiger partial charge is 0.248 e. The van der Waals surface area contributed by atoms with Crippen LogP contribution in [0.2, 0.25) is 0 Å². The molecule has 0 atom stereocenters. The number of aromatic nitrogens is 3. The van der Waals surface area contributed by atoms with Gasteiger partial charge in [-0.2, -0.15) is 0 Å². The van der Waals surface area contributed by atoms with Gasteiger partial charge in [0.2, 0.25) is 0 Å². The predicted octanol–water partition coefficient (Wildman–Crippen LogP) is 1.73. The van der Waals surface area contributed by atoms with Crippen molar-refractivity contribution < 1.29 is 0 Å². The molecule has 2 aromatic rings. The summed E-state index contributed by atoms with van der Waals surface area (Å²) in [5.74, 6) is 0. The SMILES string of the molecule is Cn1nnc2ccc(Br)cc21. The monoisotopic (exact) mass is 211 g/mol. The Bertz CT molecular complexity index is 393. The van der Waals surface area contributed by atoms with Crippen LogP contribution >= 0.6 is 15.9 Å². The molecule has 0 bridgehead atoms. The van der Waals surface area contributed by atoms with Gasteiger partial charge < -0.3 is 0 Å². The standard InChI is InChI=1S/C7H6BrN3/c1-11-7-4-5(8)2-3-6(7)9-10-11/h2-4H,1H3. The van der Waals surface area contributed by atoms with Gasteiger partial charge in [0, 0.05) is 11.5 Å². The van der Waals surface area contributed by atoms with E-state index < -0.39 is 0 Å². The van der Waals surface area contributed by atoms with Crippen LogP contribution < -0.4 is 0 Å². The van der Waals surface area contributed by atoms with E-state index in [0.717, 1.165) is 15.5 Å². The molecule has 0 saturated heterocycles. The van der Waals surface area contributed by atoms with Crippen molar-refractivity contribution in [3.8, 4) is 0 Å². The summed E-state index contributed by atoms with van der Waals surface area (Å²) in [7, 11) is 1.88. The molecular weight excluding hydrogens is 206 g/mol. The lowest BCUT2D eigenvalue weighted by atomic mass is 10.3. The van der Waals surface area contributed by atoms with Gasteiger partial charge in [0.05, 0.1) is 5.52 Å². The van der Waals surface area contributed by atoms with E-state index in [9.17, 15) is 0 Å². The maximum atomic E-state index is 3.95. The number of halogens is 1. The van der Waals surface area contributed by atoms with Gasteiger partial charge >= 0.3 is 0 Å². The fourth-order valence-corrected chi connectivity index (χ4v) is 1.35. The third-order valence-electron chi connectivity index (χ3n) is 1.57. The molecular formula is C7H6BrN3. The molecule has 0 N–H and O–H groups in total. The molecule has 4 heteroatoms. The van der Waals surface area contributed by atoms with Crippen LogP contribution in [0.4, 0.5) is 0 Å². The van der Waals surface area contributed by atoms with Crippen molar-refractivity contribution in [3.63, 3.8) is 0 Å². The smallest absolute Gasteiger partial charge is 0.113 e. The maximum absolute atomic E-state index is 3.95. The predicted molar refractivity (Wildman–Crippen MR) is 46.2 cm³/mol. The van der Waals surface area contributed by atoms with E-state index in [-0.39, 0.29) is 0 Å². The lowest BCUT2D eigenvalue weighted by molar-refractivity contribution is 0.736. The van der Waals surface area contributed by atoms with Crippen LogP contribution in [0.25, 0.3) is 11.0 Å². The van der Waals surface area contributed by atoms with E-state index in [1.807, 2.05) is 25.2 Å². The first kappa shape index (κ1) is 6.79. The Balaban J connectivity index is 2.87. The van der Waals surface area contributed by atoms with Crippen LogP contribution in [-0.4, -0.2) is 15.0 Å². The highest BCUT2D eigenvalue weighted by Crippen LogP contribution is 2.16. The summed E-state index contributed by atoms with van der Waals surface area (Å²) in [5, 5.41) is 7.83. The summed E-state index contributed by atoms with van der Waals surface area (Å²) in [6.45, 7) is 0. The van der Waals surface area contributed by atoms with Gasteiger partial charge in [-0.1, -0.05) is 21.1 Å². The summed E-state index contributed by atoms with van der Waals surface area (Å²) in [6, 6.07) is 5.89. The zero-order valence-electron chi connectivity index (χ0n) is 5.95. The highest BCUT2D eigenvalue weighted by molar-refractivity contribution is 9.10. The average molecular weight is 212 g/mol. The first-order valence-electron chi connectivity index (χ1n) is 3.22. The molecule has 0 spiro atoms. The van der Waals surface area contributed by atoms with Crippen molar-refractivity contribution in [1.29, 1.82) is 0 Å². The fraction of sp³-hybridized carbons (Fsp3) is 0.143. The molecule has 0 saturated carbocycles. The Morgan fingerprint density at radius 2 is 2.27 bits per heavy atom. The summed E-state index contributed by atoms with van der Waals surface area (Å²) in [6.07, 6.45) is 0. The second-order valence-electron chi connectivity index (χ2n) is 2.35. The highest BCUT2D eigenvalue weighted by atomic mass is 79.9. The number of hydrogen-bond acceptors (Lipinski definition) is 2. The summed E-state index contributed by atoms with van der Waals surface area (Å²) < 4.78 is 2.80. The molecule has 0 aliphatic carbocycles. The molecule has 0 aliphatic heterocycles. The second kappa shape index (κ2) is 2.30. The van der Waals surface area contributed by atoms with Gasteiger partial charge in [-0.3, -0.25) is 0 Å². The van der Waals surface area contributed by atoms with Crippen molar-refractivity contribution >= 4 is 27.0 Å². The second-order valence-corrected chi connectivity index (χ2v) is 3.26. The Morgan fingerprint density at radius 3 is 3.09 bits per heavy atom. The van der Waals surface area contributed by atoms with E-state index >= 15 is 0 Å². The number of aryl methyl sites for hydroxylation is 1. The van der Waals surface area contributed by atoms with Crippen LogP contribution in [0.15, 0.2) is 22.7 Å². The minimum atomic E-state index is 0.927. The average Bonchev–Trinajstić information content (AvgIpc) is 2.33. The zero-order chi connectivity index (χ0) is 7.84. The molecule has 0 aliphatic rings. The molecule has 0 radical (unpaired) electrons. The van der Waals surface area contributed by atoms with Crippen LogP contribution in [-0.2, 0) is 7.05 Å². The fourth-order valence-electron chi connectivity index (χ4n) is 1.00. The molecule has 1 heterocycles. The van der Waals surface area contributed by atoms with E-state index in [2.05, 4.69) is 26.2 Å². The Labute approximate surface area is 72.1 Å². The van der Waals surface area contributed by atoms with Crippen molar-refractivity contribution in [3.05, 3.63) is 22.7 Å². The third-order valence-corrected chi connectivity index (χ3v) is 2.07. The van der Waals surface area contributed by atoms with Crippen LogP contribution in [0.3, 0.4) is 0 Å².